The van der Waals surface area contributed by atoms with Crippen LogP contribution in [0.25, 0.3) is 0 Å². The van der Waals surface area contributed by atoms with Gasteiger partial charge in [-0.2, -0.15) is 0 Å². The highest BCUT2D eigenvalue weighted by Crippen LogP contribution is 2.34. The number of thiazole rings is 1. The number of hydrogen-bond acceptors (Lipinski definition) is 8. The number of methoxy groups -OCH3 is 1. The molecule has 174 valence electrons. The lowest BCUT2D eigenvalue weighted by Crippen LogP contribution is -2.26. The maximum atomic E-state index is 13.4. The molecule has 3 aromatic rings. The van der Waals surface area contributed by atoms with Crippen molar-refractivity contribution in [3.05, 3.63) is 68.3 Å². The smallest absolute Gasteiger partial charge is 0.468 e. The Labute approximate surface area is 199 Å². The fraction of sp³-hybridized carbons (Fsp3) is 0.200. The first-order chi connectivity index (χ1) is 15.6. The molecule has 2 aromatic heterocycles. The van der Waals surface area contributed by atoms with Crippen LogP contribution in [0.5, 0.6) is 5.75 Å². The SMILES string of the molecule is COC(=O)C(C(=O)c1ncccc1NCc1cnc(Cl)s1)c1cc(OC(F)(F)F)ccc1Cl. The highest BCUT2D eigenvalue weighted by Gasteiger charge is 2.36. The first-order valence-electron chi connectivity index (χ1n) is 9.05. The Morgan fingerprint density at radius 2 is 1.97 bits per heavy atom. The Bertz CT molecular complexity index is 1170. The van der Waals surface area contributed by atoms with Gasteiger partial charge in [0.1, 0.15) is 17.4 Å². The zero-order valence-electron chi connectivity index (χ0n) is 16.7. The monoisotopic (exact) mass is 519 g/mol. The number of ether oxygens (including phenoxy) is 2. The number of nitrogens with zero attached hydrogens (tertiary/aromatic N) is 2. The van der Waals surface area contributed by atoms with E-state index in [4.69, 9.17) is 27.9 Å². The summed E-state index contributed by atoms with van der Waals surface area (Å²) >= 11 is 13.2. The molecule has 0 amide bonds. The van der Waals surface area contributed by atoms with Crippen LogP contribution >= 0.6 is 34.5 Å². The summed E-state index contributed by atoms with van der Waals surface area (Å²) < 4.78 is 46.9. The summed E-state index contributed by atoms with van der Waals surface area (Å²) in [4.78, 5) is 34.7. The molecular formula is C20H14Cl2F3N3O4S. The van der Waals surface area contributed by atoms with Crippen molar-refractivity contribution in [1.82, 2.24) is 9.97 Å². The normalized spacial score (nSPS) is 12.2. The van der Waals surface area contributed by atoms with E-state index >= 15 is 0 Å². The minimum absolute atomic E-state index is 0.127. The lowest BCUT2D eigenvalue weighted by atomic mass is 9.91. The quantitative estimate of drug-likeness (QED) is 0.239. The van der Waals surface area contributed by atoms with Gasteiger partial charge in [0.2, 0.25) is 5.78 Å². The van der Waals surface area contributed by atoms with Crippen molar-refractivity contribution in [3.8, 4) is 5.75 Å². The van der Waals surface area contributed by atoms with E-state index in [0.717, 1.165) is 30.2 Å². The van der Waals surface area contributed by atoms with Gasteiger partial charge in [0.15, 0.2) is 4.47 Å². The fourth-order valence-corrected chi connectivity index (χ4v) is 4.01. The number of aromatic nitrogens is 2. The maximum absolute atomic E-state index is 13.4. The minimum atomic E-state index is -4.98. The number of esters is 1. The molecule has 1 unspecified atom stereocenters. The van der Waals surface area contributed by atoms with Crippen LogP contribution in [0.2, 0.25) is 9.49 Å². The molecule has 0 spiro atoms. The van der Waals surface area contributed by atoms with Crippen molar-refractivity contribution in [2.45, 2.75) is 18.8 Å². The van der Waals surface area contributed by atoms with Crippen LogP contribution in [-0.4, -0.2) is 35.2 Å². The van der Waals surface area contributed by atoms with Crippen molar-refractivity contribution in [1.29, 1.82) is 0 Å². The molecule has 2 heterocycles. The average Bonchev–Trinajstić information content (AvgIpc) is 3.18. The van der Waals surface area contributed by atoms with Gasteiger partial charge in [-0.05, 0) is 35.9 Å². The van der Waals surface area contributed by atoms with E-state index in [-0.39, 0.29) is 28.5 Å². The molecule has 0 saturated heterocycles. The standard InChI is InChI=1S/C20H14Cl2F3N3O4S/c1-31-18(30)15(12-7-10(4-5-13(12)21)32-20(23,24)25)17(29)16-14(3-2-6-26-16)27-8-11-9-28-19(22)33-11/h2-7,9,15,27H,8H2,1H3. The molecule has 0 fully saturated rings. The predicted molar refractivity (Wildman–Crippen MR) is 116 cm³/mol. The lowest BCUT2D eigenvalue weighted by molar-refractivity contribution is -0.274. The van der Waals surface area contributed by atoms with E-state index in [1.165, 1.54) is 17.5 Å². The molecule has 33 heavy (non-hydrogen) atoms. The molecule has 7 nitrogen and oxygen atoms in total. The van der Waals surface area contributed by atoms with Crippen molar-refractivity contribution < 1.29 is 32.2 Å². The van der Waals surface area contributed by atoms with Gasteiger partial charge < -0.3 is 14.8 Å². The molecule has 0 bridgehead atoms. The van der Waals surface area contributed by atoms with Gasteiger partial charge in [0.25, 0.3) is 0 Å². The lowest BCUT2D eigenvalue weighted by Gasteiger charge is -2.18. The van der Waals surface area contributed by atoms with E-state index in [1.54, 1.807) is 18.3 Å². The number of alkyl halides is 3. The molecule has 0 saturated carbocycles. The molecule has 0 radical (unpaired) electrons. The number of halogens is 5. The Hall–Kier alpha value is -2.89. The van der Waals surface area contributed by atoms with Gasteiger partial charge in [0.05, 0.1) is 19.3 Å². The number of hydrogen-bond donors (Lipinski definition) is 1. The molecule has 1 N–H and O–H groups in total. The topological polar surface area (TPSA) is 90.4 Å². The predicted octanol–water partition coefficient (Wildman–Crippen LogP) is 5.50. The Morgan fingerprint density at radius 3 is 2.61 bits per heavy atom. The molecule has 13 heteroatoms. The van der Waals surface area contributed by atoms with Crippen LogP contribution in [0.15, 0.2) is 42.7 Å². The first kappa shape index (κ1) is 24.7. The van der Waals surface area contributed by atoms with Crippen LogP contribution in [0.1, 0.15) is 26.8 Å². The number of Topliss-reactive ketones (excluding diaryl/α,β-unsaturated/α-hetero) is 1. The molecule has 0 aliphatic carbocycles. The number of nitrogens with one attached hydrogen (secondary N) is 1. The van der Waals surface area contributed by atoms with E-state index in [0.29, 0.717) is 4.47 Å². The molecule has 3 rings (SSSR count). The van der Waals surface area contributed by atoms with E-state index < -0.39 is 29.8 Å². The maximum Gasteiger partial charge on any atom is 0.573 e. The first-order valence-corrected chi connectivity index (χ1v) is 10.6. The number of pyridine rings is 1. The second kappa shape index (κ2) is 10.4. The minimum Gasteiger partial charge on any atom is -0.468 e. The molecule has 1 aromatic carbocycles. The Balaban J connectivity index is 1.97. The largest absolute Gasteiger partial charge is 0.573 e. The van der Waals surface area contributed by atoms with E-state index in [2.05, 4.69) is 20.0 Å². The summed E-state index contributed by atoms with van der Waals surface area (Å²) in [6, 6.07) is 6.04. The summed E-state index contributed by atoms with van der Waals surface area (Å²) in [5.74, 6) is -4.20. The van der Waals surface area contributed by atoms with Gasteiger partial charge >= 0.3 is 12.3 Å². The van der Waals surface area contributed by atoms with Crippen molar-refractivity contribution in [2.75, 3.05) is 12.4 Å². The Morgan fingerprint density at radius 1 is 1.21 bits per heavy atom. The van der Waals surface area contributed by atoms with Gasteiger partial charge in [-0.15, -0.1) is 24.5 Å². The van der Waals surface area contributed by atoms with Crippen molar-refractivity contribution in [3.63, 3.8) is 0 Å². The Kier molecular flexibility index (Phi) is 7.77. The highest BCUT2D eigenvalue weighted by atomic mass is 35.5. The molecule has 0 aliphatic heterocycles. The van der Waals surface area contributed by atoms with Gasteiger partial charge in [0, 0.05) is 22.3 Å². The van der Waals surface area contributed by atoms with Crippen molar-refractivity contribution in [2.24, 2.45) is 0 Å². The molecule has 1 atom stereocenters. The zero-order valence-corrected chi connectivity index (χ0v) is 19.0. The average molecular weight is 520 g/mol. The summed E-state index contributed by atoms with van der Waals surface area (Å²) in [7, 11) is 1.04. The van der Waals surface area contributed by atoms with Gasteiger partial charge in [-0.3, -0.25) is 14.6 Å². The van der Waals surface area contributed by atoms with Crippen LogP contribution in [0, 0.1) is 0 Å². The number of carbonyl (C=O) groups excluding carboxylic acids is 2. The van der Waals surface area contributed by atoms with E-state index in [1.807, 2.05) is 0 Å². The number of carbonyl (C=O) groups is 2. The second-order valence-electron chi connectivity index (χ2n) is 6.38. The molecular weight excluding hydrogens is 506 g/mol. The highest BCUT2D eigenvalue weighted by molar-refractivity contribution is 7.15. The number of anilines is 1. The van der Waals surface area contributed by atoms with E-state index in [9.17, 15) is 22.8 Å². The number of rotatable bonds is 8. The third-order valence-electron chi connectivity index (χ3n) is 4.23. The van der Waals surface area contributed by atoms with Gasteiger partial charge in [-0.25, -0.2) is 4.98 Å². The van der Waals surface area contributed by atoms with Crippen molar-refractivity contribution >= 4 is 52.0 Å². The summed E-state index contributed by atoms with van der Waals surface area (Å²) in [6.45, 7) is 0.259. The summed E-state index contributed by atoms with van der Waals surface area (Å²) in [6.07, 6.45) is -2.09. The number of ketones is 1. The molecule has 0 aliphatic rings. The van der Waals surface area contributed by atoms with Crippen LogP contribution in [0.4, 0.5) is 18.9 Å². The number of benzene rings is 1. The summed E-state index contributed by atoms with van der Waals surface area (Å²) in [5.41, 5.74) is -0.0809. The third kappa shape index (κ3) is 6.34. The fourth-order valence-electron chi connectivity index (χ4n) is 2.86. The zero-order chi connectivity index (χ0) is 24.2. The summed E-state index contributed by atoms with van der Waals surface area (Å²) in [5, 5.41) is 2.89. The third-order valence-corrected chi connectivity index (χ3v) is 5.69. The van der Waals surface area contributed by atoms with Crippen LogP contribution in [-0.2, 0) is 16.1 Å². The van der Waals surface area contributed by atoms with Crippen LogP contribution < -0.4 is 10.1 Å². The second-order valence-corrected chi connectivity index (χ2v) is 8.49. The van der Waals surface area contributed by atoms with Crippen LogP contribution in [0.3, 0.4) is 0 Å². The van der Waals surface area contributed by atoms with Gasteiger partial charge in [-0.1, -0.05) is 23.2 Å².